The first-order chi connectivity index (χ1) is 9.39. The standard InChI is InChI=1S/C11H19ClN2O5Si/c1-5-6-8(15)10(13-9-7-19-9)14(11(12)16)20(4,17-2)18-3/h5-6,9-10,13H,7H2,1-4H3/b6-5+. The van der Waals surface area contributed by atoms with Gasteiger partial charge in [0.15, 0.2) is 5.78 Å². The van der Waals surface area contributed by atoms with E-state index in [1.165, 1.54) is 20.3 Å². The third-order valence-corrected chi connectivity index (χ3v) is 6.10. The molecule has 0 saturated carbocycles. The highest BCUT2D eigenvalue weighted by molar-refractivity contribution is 6.75. The minimum Gasteiger partial charge on any atom is -0.382 e. The van der Waals surface area contributed by atoms with E-state index < -0.39 is 20.3 Å². The first-order valence-corrected chi connectivity index (χ1v) is 8.67. The van der Waals surface area contributed by atoms with E-state index >= 15 is 0 Å². The summed E-state index contributed by atoms with van der Waals surface area (Å²) in [6.07, 6.45) is 1.67. The van der Waals surface area contributed by atoms with Crippen LogP contribution in [0.1, 0.15) is 6.92 Å². The fourth-order valence-corrected chi connectivity index (χ4v) is 3.74. The summed E-state index contributed by atoms with van der Waals surface area (Å²) < 4.78 is 16.8. The molecule has 0 bridgehead atoms. The van der Waals surface area contributed by atoms with Crippen LogP contribution in [0.2, 0.25) is 6.55 Å². The molecule has 2 unspecified atom stereocenters. The van der Waals surface area contributed by atoms with Crippen molar-refractivity contribution in [3.63, 3.8) is 0 Å². The molecule has 0 aromatic carbocycles. The van der Waals surface area contributed by atoms with Crippen LogP contribution in [0.3, 0.4) is 0 Å². The molecule has 0 spiro atoms. The number of nitrogens with one attached hydrogen (secondary N) is 1. The van der Waals surface area contributed by atoms with Crippen molar-refractivity contribution in [2.45, 2.75) is 25.9 Å². The molecule has 0 aromatic rings. The van der Waals surface area contributed by atoms with Gasteiger partial charge in [-0.3, -0.25) is 19.5 Å². The van der Waals surface area contributed by atoms with Gasteiger partial charge in [0.05, 0.1) is 6.61 Å². The Morgan fingerprint density at radius 1 is 1.50 bits per heavy atom. The number of carbonyl (C=O) groups is 2. The molecular formula is C11H19ClN2O5Si. The van der Waals surface area contributed by atoms with E-state index in [0.29, 0.717) is 6.61 Å². The van der Waals surface area contributed by atoms with Crippen LogP contribution in [0.25, 0.3) is 0 Å². The number of hydrogen-bond donors (Lipinski definition) is 1. The molecule has 0 aliphatic carbocycles. The average molecular weight is 323 g/mol. The lowest BCUT2D eigenvalue weighted by atomic mass is 10.3. The molecule has 2 atom stereocenters. The van der Waals surface area contributed by atoms with E-state index in [0.717, 1.165) is 4.57 Å². The molecule has 20 heavy (non-hydrogen) atoms. The van der Waals surface area contributed by atoms with Crippen molar-refractivity contribution in [2.24, 2.45) is 0 Å². The monoisotopic (exact) mass is 322 g/mol. The first kappa shape index (κ1) is 17.3. The van der Waals surface area contributed by atoms with Crippen LogP contribution < -0.4 is 5.32 Å². The maximum Gasteiger partial charge on any atom is 0.460 e. The van der Waals surface area contributed by atoms with Crippen molar-refractivity contribution in [1.82, 2.24) is 9.88 Å². The highest BCUT2D eigenvalue weighted by Crippen LogP contribution is 2.20. The minimum atomic E-state index is -3.10. The maximum atomic E-state index is 12.2. The second kappa shape index (κ2) is 7.30. The summed E-state index contributed by atoms with van der Waals surface area (Å²) in [4.78, 5) is 24.0. The minimum absolute atomic E-state index is 0.278. The fraction of sp³-hybridized carbons (Fsp3) is 0.636. The molecule has 114 valence electrons. The van der Waals surface area contributed by atoms with Gasteiger partial charge in [-0.25, -0.2) is 0 Å². The molecule has 9 heteroatoms. The van der Waals surface area contributed by atoms with Crippen LogP contribution in [0.15, 0.2) is 12.2 Å². The first-order valence-electron chi connectivity index (χ1n) is 6.03. The van der Waals surface area contributed by atoms with Crippen LogP contribution in [0, 0.1) is 0 Å². The van der Waals surface area contributed by atoms with Gasteiger partial charge in [-0.2, -0.15) is 0 Å². The summed E-state index contributed by atoms with van der Waals surface area (Å²) >= 11 is 5.63. The normalized spacial score (nSPS) is 19.9. The molecule has 1 aliphatic rings. The Labute approximate surface area is 124 Å². The van der Waals surface area contributed by atoms with E-state index in [1.807, 2.05) is 0 Å². The zero-order chi connectivity index (χ0) is 15.3. The molecule has 1 saturated heterocycles. The smallest absolute Gasteiger partial charge is 0.382 e. The SMILES string of the molecule is C/C=C/C(=O)C(NC1CO1)N(C(=O)Cl)[Si](C)(OC)OC. The van der Waals surface area contributed by atoms with E-state index in [9.17, 15) is 9.59 Å². The topological polar surface area (TPSA) is 80.4 Å². The van der Waals surface area contributed by atoms with Gasteiger partial charge in [0, 0.05) is 14.2 Å². The van der Waals surface area contributed by atoms with Gasteiger partial charge < -0.3 is 13.6 Å². The van der Waals surface area contributed by atoms with Crippen molar-refractivity contribution in [2.75, 3.05) is 20.8 Å². The van der Waals surface area contributed by atoms with Crippen molar-refractivity contribution in [3.05, 3.63) is 12.2 Å². The summed E-state index contributed by atoms with van der Waals surface area (Å²) in [6.45, 7) is 3.81. The zero-order valence-electron chi connectivity index (χ0n) is 11.9. The van der Waals surface area contributed by atoms with Gasteiger partial charge in [0.2, 0.25) is 0 Å². The van der Waals surface area contributed by atoms with Gasteiger partial charge in [-0.15, -0.1) is 0 Å². The van der Waals surface area contributed by atoms with Crippen LogP contribution in [-0.4, -0.2) is 57.7 Å². The maximum absolute atomic E-state index is 12.2. The van der Waals surface area contributed by atoms with E-state index in [-0.39, 0.29) is 12.0 Å². The van der Waals surface area contributed by atoms with Gasteiger partial charge in [0.1, 0.15) is 12.4 Å². The Morgan fingerprint density at radius 3 is 2.40 bits per heavy atom. The molecule has 1 N–H and O–H groups in total. The van der Waals surface area contributed by atoms with E-state index in [4.69, 9.17) is 25.2 Å². The molecule has 1 fully saturated rings. The van der Waals surface area contributed by atoms with Crippen molar-refractivity contribution >= 4 is 31.5 Å². The Morgan fingerprint density at radius 2 is 2.05 bits per heavy atom. The van der Waals surface area contributed by atoms with Crippen molar-refractivity contribution in [3.8, 4) is 0 Å². The Hall–Kier alpha value is -0.773. The molecule has 0 radical (unpaired) electrons. The van der Waals surface area contributed by atoms with Gasteiger partial charge in [-0.1, -0.05) is 6.08 Å². The molecule has 7 nitrogen and oxygen atoms in total. The zero-order valence-corrected chi connectivity index (χ0v) is 13.6. The molecule has 1 rings (SSSR count). The Balaban J connectivity index is 3.08. The van der Waals surface area contributed by atoms with Gasteiger partial charge in [0.25, 0.3) is 0 Å². The highest BCUT2D eigenvalue weighted by Gasteiger charge is 2.48. The highest BCUT2D eigenvalue weighted by atomic mass is 35.5. The van der Waals surface area contributed by atoms with E-state index in [2.05, 4.69) is 5.32 Å². The third-order valence-electron chi connectivity index (χ3n) is 2.92. The summed E-state index contributed by atoms with van der Waals surface area (Å²) in [7, 11) is -0.285. The molecule has 1 amide bonds. The second-order valence-electron chi connectivity index (χ2n) is 4.22. The summed E-state index contributed by atoms with van der Waals surface area (Å²) in [5.74, 6) is -0.329. The largest absolute Gasteiger partial charge is 0.460 e. The predicted molar refractivity (Wildman–Crippen MR) is 75.2 cm³/mol. The quantitative estimate of drug-likeness (QED) is 0.179. The Bertz CT molecular complexity index is 398. The molecule has 1 aliphatic heterocycles. The molecular weight excluding hydrogens is 304 g/mol. The average Bonchev–Trinajstić information content (AvgIpc) is 3.21. The summed E-state index contributed by atoms with van der Waals surface area (Å²) in [5.41, 5.74) is 0. The van der Waals surface area contributed by atoms with Crippen LogP contribution in [0.5, 0.6) is 0 Å². The number of ketones is 1. The lowest BCUT2D eigenvalue weighted by Crippen LogP contribution is -2.66. The summed E-state index contributed by atoms with van der Waals surface area (Å²) in [6, 6.07) is 0. The number of nitrogens with zero attached hydrogens (tertiary/aromatic N) is 1. The summed E-state index contributed by atoms with van der Waals surface area (Å²) in [5, 5.41) is 2.08. The Kier molecular flexibility index (Phi) is 6.30. The third kappa shape index (κ3) is 4.11. The number of carbonyl (C=O) groups excluding carboxylic acids is 2. The number of rotatable bonds is 8. The predicted octanol–water partition coefficient (Wildman–Crippen LogP) is 0.926. The molecule has 1 heterocycles. The number of amides is 1. The van der Waals surface area contributed by atoms with Crippen molar-refractivity contribution in [1.29, 1.82) is 0 Å². The number of allylic oxidation sites excluding steroid dienone is 1. The number of halogens is 1. The fourth-order valence-electron chi connectivity index (χ4n) is 1.64. The van der Waals surface area contributed by atoms with Crippen LogP contribution in [-0.2, 0) is 18.4 Å². The van der Waals surface area contributed by atoms with Crippen molar-refractivity contribution < 1.29 is 23.2 Å². The number of ether oxygens (including phenoxy) is 1. The van der Waals surface area contributed by atoms with Crippen LogP contribution in [0.4, 0.5) is 4.79 Å². The van der Waals surface area contributed by atoms with Gasteiger partial charge >= 0.3 is 14.1 Å². The number of hydrogen-bond acceptors (Lipinski definition) is 6. The van der Waals surface area contributed by atoms with E-state index in [1.54, 1.807) is 19.5 Å². The van der Waals surface area contributed by atoms with Crippen LogP contribution >= 0.6 is 11.6 Å². The second-order valence-corrected chi connectivity index (χ2v) is 7.64. The lowest BCUT2D eigenvalue weighted by molar-refractivity contribution is -0.119. The lowest BCUT2D eigenvalue weighted by Gasteiger charge is -2.38. The van der Waals surface area contributed by atoms with Gasteiger partial charge in [-0.05, 0) is 31.1 Å². The number of epoxide rings is 1. The molecule has 0 aromatic heterocycles.